The average molecular weight is 615 g/mol. The Morgan fingerprint density at radius 3 is 2.17 bits per heavy atom. The number of aliphatic hydroxyl groups is 2. The molecule has 6 aliphatic rings. The van der Waals surface area contributed by atoms with E-state index in [1.807, 2.05) is 0 Å². The minimum absolute atomic E-state index is 0.895. The molecule has 18 heteroatoms. The first kappa shape index (κ1) is 28.6. The molecule has 228 valence electrons. The maximum atomic E-state index is 13.8. The number of ether oxygens (including phenoxy) is 5. The zero-order chi connectivity index (χ0) is 30.7. The number of fused-ring (bicyclic) bond motifs is 1. The molecule has 41 heavy (non-hydrogen) atoms. The van der Waals surface area contributed by atoms with Crippen LogP contribution in [-0.4, -0.2) is 96.0 Å². The number of hydrogen-bond acceptors (Lipinski definition) is 14. The maximum Gasteiger partial charge on any atom is 0.523 e. The van der Waals surface area contributed by atoms with Crippen LogP contribution in [0.15, 0.2) is 0 Å². The molecule has 0 aromatic rings. The van der Waals surface area contributed by atoms with Crippen molar-refractivity contribution >= 4 is 34.0 Å². The second-order valence-corrected chi connectivity index (χ2v) is 13.9. The molecule has 6 rings (SSSR count). The average Bonchev–Trinajstić information content (AvgIpc) is 3.51. The normalized spacial score (nSPS) is 49.7. The summed E-state index contributed by atoms with van der Waals surface area (Å²) in [5, 5.41) is 24.1. The van der Waals surface area contributed by atoms with Crippen molar-refractivity contribution in [3.63, 3.8) is 0 Å². The summed E-state index contributed by atoms with van der Waals surface area (Å²) in [5.41, 5.74) is -18.0. The van der Waals surface area contributed by atoms with Crippen molar-refractivity contribution in [3.8, 4) is 0 Å². The molecule has 14 nitrogen and oxygen atoms in total. The molecule has 4 saturated heterocycles. The third-order valence-corrected chi connectivity index (χ3v) is 10.7. The van der Waals surface area contributed by atoms with Gasteiger partial charge in [0.15, 0.2) is 11.7 Å². The van der Waals surface area contributed by atoms with Crippen molar-refractivity contribution in [2.24, 2.45) is 28.1 Å². The monoisotopic (exact) mass is 614 g/mol. The van der Waals surface area contributed by atoms with Crippen LogP contribution in [0.5, 0.6) is 0 Å². The van der Waals surface area contributed by atoms with Crippen LogP contribution in [-0.2, 0) is 57.2 Å². The number of hydrogen-bond donors (Lipinski definition) is 2. The number of carbonyl (C=O) groups excluding carboxylic acids is 4. The van der Waals surface area contributed by atoms with E-state index in [0.29, 0.717) is 0 Å². The van der Waals surface area contributed by atoms with Gasteiger partial charge in [0.2, 0.25) is 18.0 Å². The van der Waals surface area contributed by atoms with Gasteiger partial charge in [-0.2, -0.15) is 21.6 Å². The summed E-state index contributed by atoms with van der Waals surface area (Å²) >= 11 is 0. The molecule has 0 amide bonds. The van der Waals surface area contributed by atoms with Gasteiger partial charge in [-0.15, -0.1) is 0 Å². The van der Waals surface area contributed by atoms with E-state index in [2.05, 4.69) is 0 Å². The van der Waals surface area contributed by atoms with Crippen LogP contribution < -0.4 is 0 Å². The van der Waals surface area contributed by atoms with Gasteiger partial charge >= 0.3 is 39.5 Å². The minimum Gasteiger partial charge on any atom is -0.456 e. The number of carbonyl (C=O) groups is 4. The Bertz CT molecular complexity index is 1410. The Labute approximate surface area is 229 Å². The van der Waals surface area contributed by atoms with E-state index < -0.39 is 116 Å². The molecule has 12 atom stereocenters. The first-order chi connectivity index (χ1) is 18.6. The lowest BCUT2D eigenvalue weighted by molar-refractivity contribution is -0.240. The Kier molecular flexibility index (Phi) is 5.23. The fraction of sp³-hybridized carbons (Fsp3) is 0.826. The Morgan fingerprint density at radius 2 is 1.63 bits per heavy atom. The number of esters is 4. The van der Waals surface area contributed by atoms with Gasteiger partial charge in [0.25, 0.3) is 0 Å². The standard InChI is InChI=1S/C23H25F3O14S/c1-6-14(29)36-12-10(28)20-11-8(40-41(33,34)23(24,25)26)9(18(3,4)5)19(20)13(35-7(2)27)15(30)38-17(19)39-22(20,16(31)37-11)21(6,12)32/h6,8-13,17,28,32H,1-5H3/t6-,8-,9+,10+,11-,12+,13+,17+,19-,20+,21-,22-/m1/s1. The second kappa shape index (κ2) is 7.50. The molecular formula is C23H25F3O14S. The number of aliphatic hydroxyl groups excluding tert-OH is 1. The Hall–Kier alpha value is -2.54. The van der Waals surface area contributed by atoms with Gasteiger partial charge in [0.05, 0.1) is 11.3 Å². The zero-order valence-electron chi connectivity index (χ0n) is 22.0. The summed E-state index contributed by atoms with van der Waals surface area (Å²) in [4.78, 5) is 52.0. The largest absolute Gasteiger partial charge is 0.523 e. The van der Waals surface area contributed by atoms with E-state index in [4.69, 9.17) is 27.9 Å². The van der Waals surface area contributed by atoms with Crippen molar-refractivity contribution in [1.82, 2.24) is 0 Å². The number of alkyl halides is 3. The van der Waals surface area contributed by atoms with E-state index in [-0.39, 0.29) is 0 Å². The van der Waals surface area contributed by atoms with Gasteiger partial charge in [-0.3, -0.25) is 13.8 Å². The highest BCUT2D eigenvalue weighted by atomic mass is 32.2. The van der Waals surface area contributed by atoms with Gasteiger partial charge in [-0.1, -0.05) is 20.8 Å². The summed E-state index contributed by atoms with van der Waals surface area (Å²) in [7, 11) is -6.43. The molecular weight excluding hydrogens is 589 g/mol. The third-order valence-electron chi connectivity index (χ3n) is 9.70. The van der Waals surface area contributed by atoms with Crippen molar-refractivity contribution in [2.45, 2.75) is 88.1 Å². The number of rotatable bonds is 3. The molecule has 0 radical (unpaired) electrons. The van der Waals surface area contributed by atoms with Crippen LogP contribution >= 0.6 is 0 Å². The fourth-order valence-corrected chi connectivity index (χ4v) is 9.43. The van der Waals surface area contributed by atoms with Crippen molar-refractivity contribution in [1.29, 1.82) is 0 Å². The Balaban J connectivity index is 1.73. The number of halogens is 3. The maximum absolute atomic E-state index is 13.8. The van der Waals surface area contributed by atoms with Gasteiger partial charge in [-0.25, -0.2) is 9.59 Å². The van der Waals surface area contributed by atoms with E-state index in [1.54, 1.807) is 0 Å². The fourth-order valence-electron chi connectivity index (χ4n) is 8.82. The lowest BCUT2D eigenvalue weighted by Gasteiger charge is -2.48. The van der Waals surface area contributed by atoms with E-state index in [0.717, 1.165) is 13.8 Å². The lowest BCUT2D eigenvalue weighted by atomic mass is 9.51. The summed E-state index contributed by atoms with van der Waals surface area (Å²) in [6.07, 6.45) is -12.9. The smallest absolute Gasteiger partial charge is 0.456 e. The second-order valence-electron chi connectivity index (χ2n) is 12.3. The minimum atomic E-state index is -6.43. The van der Waals surface area contributed by atoms with Crippen molar-refractivity contribution < 1.29 is 78.8 Å². The topological polar surface area (TPSA) is 198 Å². The summed E-state index contributed by atoms with van der Waals surface area (Å²) in [6, 6.07) is 0. The van der Waals surface area contributed by atoms with E-state index in [1.165, 1.54) is 20.8 Å². The molecule has 0 unspecified atom stereocenters. The van der Waals surface area contributed by atoms with Gasteiger partial charge in [-0.05, 0) is 12.3 Å². The molecule has 0 bridgehead atoms. The molecule has 0 aromatic heterocycles. The van der Waals surface area contributed by atoms with Gasteiger partial charge in [0.1, 0.15) is 23.7 Å². The molecule has 2 N–H and O–H groups in total. The zero-order valence-corrected chi connectivity index (χ0v) is 22.8. The van der Waals surface area contributed by atoms with Crippen molar-refractivity contribution in [3.05, 3.63) is 0 Å². The van der Waals surface area contributed by atoms with Crippen molar-refractivity contribution in [2.75, 3.05) is 0 Å². The summed E-state index contributed by atoms with van der Waals surface area (Å²) < 4.78 is 98.0. The summed E-state index contributed by atoms with van der Waals surface area (Å²) in [6.45, 7) is 6.31. The van der Waals surface area contributed by atoms with Crippen LogP contribution in [0.25, 0.3) is 0 Å². The summed E-state index contributed by atoms with van der Waals surface area (Å²) in [5.74, 6) is -8.26. The quantitative estimate of drug-likeness (QED) is 0.171. The predicted molar refractivity (Wildman–Crippen MR) is 117 cm³/mol. The third kappa shape index (κ3) is 2.64. The van der Waals surface area contributed by atoms with E-state index >= 15 is 0 Å². The lowest BCUT2D eigenvalue weighted by Crippen LogP contribution is -2.67. The molecule has 2 saturated carbocycles. The SMILES string of the molecule is CC(=O)O[C@H]1C(=O)O[C@H]2O[C@]34C(=O)O[C@@H]5[C@H](OS(=O)(=O)C(F)(F)F)[C@@H](C(C)(C)C)[C@]21[C@]53[C@@H](O)[C@@H]1OC(=O)[C@@H](C)[C@@]14O. The van der Waals surface area contributed by atoms with E-state index in [9.17, 15) is 51.0 Å². The predicted octanol–water partition coefficient (Wildman–Crippen LogP) is -0.954. The molecule has 6 fully saturated rings. The van der Waals surface area contributed by atoms with Crippen LogP contribution in [0.2, 0.25) is 0 Å². The first-order valence-electron chi connectivity index (χ1n) is 12.5. The van der Waals surface area contributed by atoms with Crippen LogP contribution in [0.1, 0.15) is 34.6 Å². The van der Waals surface area contributed by atoms with Crippen LogP contribution in [0, 0.1) is 28.1 Å². The molecule has 2 aliphatic carbocycles. The van der Waals surface area contributed by atoms with Crippen LogP contribution in [0.3, 0.4) is 0 Å². The highest BCUT2D eigenvalue weighted by Gasteiger charge is 3.06. The molecule has 2 spiro atoms. The molecule has 4 aliphatic heterocycles. The molecule has 0 aromatic carbocycles. The highest BCUT2D eigenvalue weighted by molar-refractivity contribution is 7.87. The molecule has 4 heterocycles. The first-order valence-corrected chi connectivity index (χ1v) is 13.9. The highest BCUT2D eigenvalue weighted by Crippen LogP contribution is 2.85. The van der Waals surface area contributed by atoms with Gasteiger partial charge in [0, 0.05) is 12.8 Å². The van der Waals surface area contributed by atoms with Gasteiger partial charge < -0.3 is 33.9 Å². The van der Waals surface area contributed by atoms with Crippen LogP contribution in [0.4, 0.5) is 13.2 Å². The Morgan fingerprint density at radius 1 is 1.02 bits per heavy atom.